The topological polar surface area (TPSA) is 83.1 Å². The molecule has 0 aromatic heterocycles. The Morgan fingerprint density at radius 2 is 1.73 bits per heavy atom. The number of carbonyl (C=O) groups is 2. The van der Waals surface area contributed by atoms with Crippen molar-refractivity contribution in [2.75, 3.05) is 58.8 Å². The van der Waals surface area contributed by atoms with E-state index >= 15 is 0 Å². The van der Waals surface area contributed by atoms with E-state index < -0.39 is 0 Å². The van der Waals surface area contributed by atoms with E-state index in [0.29, 0.717) is 45.7 Å². The lowest BCUT2D eigenvalue weighted by Crippen LogP contribution is -2.53. The fraction of sp³-hybridized carbons (Fsp3) is 0.440. The minimum absolute atomic E-state index is 0.0257. The van der Waals surface area contributed by atoms with Crippen molar-refractivity contribution in [3.63, 3.8) is 0 Å². The van der Waals surface area contributed by atoms with Gasteiger partial charge >= 0.3 is 6.03 Å². The lowest BCUT2D eigenvalue weighted by molar-refractivity contribution is -0.117. The summed E-state index contributed by atoms with van der Waals surface area (Å²) >= 11 is 0. The Labute approximate surface area is 195 Å². The number of carbonyl (C=O) groups excluding carboxylic acids is 2. The molecule has 0 bridgehead atoms. The predicted octanol–water partition coefficient (Wildman–Crippen LogP) is 2.77. The minimum atomic E-state index is -0.0801. The fourth-order valence-corrected chi connectivity index (χ4v) is 3.93. The molecule has 3 rings (SSSR count). The minimum Gasteiger partial charge on any atom is -0.497 e. The maximum absolute atomic E-state index is 12.5. The molecule has 178 valence electrons. The second-order valence-electron chi connectivity index (χ2n) is 7.98. The molecule has 2 aromatic carbocycles. The first-order chi connectivity index (χ1) is 16.0. The van der Waals surface area contributed by atoms with Crippen molar-refractivity contribution in [1.29, 1.82) is 0 Å². The summed E-state index contributed by atoms with van der Waals surface area (Å²) in [4.78, 5) is 28.9. The van der Waals surface area contributed by atoms with Gasteiger partial charge in [-0.2, -0.15) is 0 Å². The number of benzene rings is 2. The molecule has 8 heteroatoms. The fourth-order valence-electron chi connectivity index (χ4n) is 3.93. The number of methoxy groups -OCH3 is 2. The first kappa shape index (κ1) is 24.4. The van der Waals surface area contributed by atoms with Gasteiger partial charge in [-0.15, -0.1) is 0 Å². The number of nitrogens with zero attached hydrogens (tertiary/aromatic N) is 2. The summed E-state index contributed by atoms with van der Waals surface area (Å²) in [7, 11) is 3.24. The average Bonchev–Trinajstić information content (AvgIpc) is 2.84. The normalized spacial score (nSPS) is 14.0. The van der Waals surface area contributed by atoms with Gasteiger partial charge in [0.2, 0.25) is 5.91 Å². The number of ether oxygens (including phenoxy) is 2. The Hall–Kier alpha value is -3.26. The van der Waals surface area contributed by atoms with Crippen LogP contribution >= 0.6 is 0 Å². The second kappa shape index (κ2) is 12.1. The third kappa shape index (κ3) is 6.86. The van der Waals surface area contributed by atoms with Gasteiger partial charge in [0.25, 0.3) is 0 Å². The van der Waals surface area contributed by atoms with Crippen LogP contribution < -0.4 is 20.1 Å². The van der Waals surface area contributed by atoms with Crippen LogP contribution in [-0.2, 0) is 17.6 Å². The second-order valence-corrected chi connectivity index (χ2v) is 7.98. The van der Waals surface area contributed by atoms with Crippen molar-refractivity contribution in [2.45, 2.75) is 19.8 Å². The Morgan fingerprint density at radius 3 is 2.42 bits per heavy atom. The Bertz CT molecular complexity index is 942. The maximum Gasteiger partial charge on any atom is 0.317 e. The highest BCUT2D eigenvalue weighted by molar-refractivity contribution is 5.93. The number of anilines is 1. The summed E-state index contributed by atoms with van der Waals surface area (Å²) < 4.78 is 10.6. The van der Waals surface area contributed by atoms with Crippen molar-refractivity contribution in [3.05, 3.63) is 53.6 Å². The van der Waals surface area contributed by atoms with E-state index in [2.05, 4.69) is 22.5 Å². The number of amides is 3. The zero-order chi connectivity index (χ0) is 23.6. The van der Waals surface area contributed by atoms with E-state index in [1.165, 1.54) is 0 Å². The van der Waals surface area contributed by atoms with E-state index in [4.69, 9.17) is 9.47 Å². The maximum atomic E-state index is 12.5. The van der Waals surface area contributed by atoms with Gasteiger partial charge in [0.15, 0.2) is 0 Å². The SMILES string of the molecule is CCc1ccccc1NC(=O)CN1CCN(C(=O)NCCc2ccc(OC)cc2OC)CC1. The quantitative estimate of drug-likeness (QED) is 0.609. The van der Waals surface area contributed by atoms with Gasteiger partial charge in [-0.3, -0.25) is 9.69 Å². The highest BCUT2D eigenvalue weighted by atomic mass is 16.5. The molecule has 3 amide bonds. The van der Waals surface area contributed by atoms with Crippen LogP contribution in [0.2, 0.25) is 0 Å². The summed E-state index contributed by atoms with van der Waals surface area (Å²) in [6.45, 7) is 5.44. The third-order valence-electron chi connectivity index (χ3n) is 5.86. The van der Waals surface area contributed by atoms with Gasteiger partial charge < -0.3 is 25.0 Å². The van der Waals surface area contributed by atoms with Crippen molar-refractivity contribution in [1.82, 2.24) is 15.1 Å². The van der Waals surface area contributed by atoms with E-state index in [-0.39, 0.29) is 11.9 Å². The highest BCUT2D eigenvalue weighted by Crippen LogP contribution is 2.24. The molecule has 0 unspecified atom stereocenters. The molecule has 33 heavy (non-hydrogen) atoms. The lowest BCUT2D eigenvalue weighted by Gasteiger charge is -2.34. The summed E-state index contributed by atoms with van der Waals surface area (Å²) in [6.07, 6.45) is 1.54. The van der Waals surface area contributed by atoms with Crippen LogP contribution in [0.4, 0.5) is 10.5 Å². The Kier molecular flexibility index (Phi) is 8.95. The molecule has 1 aliphatic heterocycles. The molecule has 0 aliphatic carbocycles. The van der Waals surface area contributed by atoms with Crippen LogP contribution in [0.25, 0.3) is 0 Å². The summed E-state index contributed by atoms with van der Waals surface area (Å²) in [5, 5.41) is 6.00. The predicted molar refractivity (Wildman–Crippen MR) is 129 cm³/mol. The molecule has 0 atom stereocenters. The lowest BCUT2D eigenvalue weighted by atomic mass is 10.1. The van der Waals surface area contributed by atoms with Gasteiger partial charge in [0, 0.05) is 44.5 Å². The molecular weight excluding hydrogens is 420 g/mol. The number of urea groups is 1. The summed E-state index contributed by atoms with van der Waals surface area (Å²) in [5.41, 5.74) is 3.01. The molecule has 1 aliphatic rings. The molecule has 1 saturated heterocycles. The van der Waals surface area contributed by atoms with Crippen LogP contribution in [0.5, 0.6) is 11.5 Å². The van der Waals surface area contributed by atoms with Crippen molar-refractivity contribution >= 4 is 17.6 Å². The summed E-state index contributed by atoms with van der Waals surface area (Å²) in [5.74, 6) is 1.46. The van der Waals surface area contributed by atoms with Crippen LogP contribution in [0, 0.1) is 0 Å². The molecule has 2 N–H and O–H groups in total. The number of aryl methyl sites for hydroxylation is 1. The van der Waals surface area contributed by atoms with E-state index in [1.807, 2.05) is 42.5 Å². The molecule has 0 spiro atoms. The van der Waals surface area contributed by atoms with Gasteiger partial charge in [0.05, 0.1) is 20.8 Å². The van der Waals surface area contributed by atoms with E-state index in [1.54, 1.807) is 19.1 Å². The van der Waals surface area contributed by atoms with Gasteiger partial charge in [-0.1, -0.05) is 31.2 Å². The molecule has 1 heterocycles. The van der Waals surface area contributed by atoms with Gasteiger partial charge in [-0.05, 0) is 36.1 Å². The number of hydrogen-bond donors (Lipinski definition) is 2. The molecule has 0 radical (unpaired) electrons. The number of piperazine rings is 1. The van der Waals surface area contributed by atoms with Gasteiger partial charge in [0.1, 0.15) is 11.5 Å². The van der Waals surface area contributed by atoms with Crippen LogP contribution in [-0.4, -0.2) is 75.2 Å². The molecule has 2 aromatic rings. The number of nitrogens with one attached hydrogen (secondary N) is 2. The standard InChI is InChI=1S/C25H34N4O4/c1-4-19-7-5-6-8-22(19)27-24(30)18-28-13-15-29(16-14-28)25(31)26-12-11-20-9-10-21(32-2)17-23(20)33-3/h5-10,17H,4,11-16,18H2,1-3H3,(H,26,31)(H,27,30). The molecular formula is C25H34N4O4. The van der Waals surface area contributed by atoms with Crippen molar-refractivity contribution in [2.24, 2.45) is 0 Å². The first-order valence-electron chi connectivity index (χ1n) is 11.4. The Balaban J connectivity index is 1.39. The monoisotopic (exact) mass is 454 g/mol. The number of para-hydroxylation sites is 1. The number of rotatable bonds is 9. The zero-order valence-corrected chi connectivity index (χ0v) is 19.7. The van der Waals surface area contributed by atoms with Crippen molar-refractivity contribution in [3.8, 4) is 11.5 Å². The third-order valence-corrected chi connectivity index (χ3v) is 5.86. The largest absolute Gasteiger partial charge is 0.497 e. The molecule has 0 saturated carbocycles. The zero-order valence-electron chi connectivity index (χ0n) is 19.7. The summed E-state index contributed by atoms with van der Waals surface area (Å²) in [6, 6.07) is 13.5. The van der Waals surface area contributed by atoms with Crippen LogP contribution in [0.1, 0.15) is 18.1 Å². The van der Waals surface area contributed by atoms with Crippen LogP contribution in [0.15, 0.2) is 42.5 Å². The Morgan fingerprint density at radius 1 is 0.970 bits per heavy atom. The average molecular weight is 455 g/mol. The van der Waals surface area contributed by atoms with Crippen molar-refractivity contribution < 1.29 is 19.1 Å². The van der Waals surface area contributed by atoms with Gasteiger partial charge in [-0.25, -0.2) is 4.79 Å². The molecule has 1 fully saturated rings. The van der Waals surface area contributed by atoms with E-state index in [0.717, 1.165) is 34.7 Å². The first-order valence-corrected chi connectivity index (χ1v) is 11.4. The van der Waals surface area contributed by atoms with Crippen LogP contribution in [0.3, 0.4) is 0 Å². The van der Waals surface area contributed by atoms with E-state index in [9.17, 15) is 9.59 Å². The highest BCUT2D eigenvalue weighted by Gasteiger charge is 2.22. The molecule has 8 nitrogen and oxygen atoms in total. The smallest absolute Gasteiger partial charge is 0.317 e. The number of hydrogen-bond acceptors (Lipinski definition) is 5.